The Morgan fingerprint density at radius 3 is 2.23 bits per heavy atom. The van der Waals surface area contributed by atoms with Crippen molar-refractivity contribution in [3.8, 4) is 5.75 Å². The Labute approximate surface area is 158 Å². The van der Waals surface area contributed by atoms with E-state index in [9.17, 15) is 13.2 Å². The molecule has 0 aliphatic carbocycles. The van der Waals surface area contributed by atoms with Crippen LogP contribution in [0, 0.1) is 0 Å². The molecule has 2 aromatic carbocycles. The predicted molar refractivity (Wildman–Crippen MR) is 102 cm³/mol. The van der Waals surface area contributed by atoms with Gasteiger partial charge in [0.05, 0.1) is 7.11 Å². The second-order valence-electron chi connectivity index (χ2n) is 6.68. The summed E-state index contributed by atoms with van der Waals surface area (Å²) in [6, 6.07) is 10.8. The van der Waals surface area contributed by atoms with Gasteiger partial charge in [-0.2, -0.15) is 0 Å². The summed E-state index contributed by atoms with van der Waals surface area (Å²) in [5.74, 6) is -0.285. The van der Waals surface area contributed by atoms with Crippen molar-refractivity contribution in [2.75, 3.05) is 12.4 Å². The maximum atomic E-state index is 12.7. The van der Waals surface area contributed by atoms with E-state index in [0.717, 1.165) is 0 Å². The summed E-state index contributed by atoms with van der Waals surface area (Å²) < 4.78 is 33.0. The average Bonchev–Trinajstić information content (AvgIpc) is 2.54. The number of rotatable bonds is 5. The van der Waals surface area contributed by atoms with Crippen LogP contribution < -0.4 is 14.8 Å². The standard InChI is InChI=1S/C18H21ClN2O4S/c1-18(2,3)21-26(23,24)16-11-12(5-10-15(16)25-4)17(22)20-14-8-6-13(19)7-9-14/h5-11,21H,1-4H3,(H,20,22). The molecule has 2 N–H and O–H groups in total. The van der Waals surface area contributed by atoms with Crippen LogP contribution in [0.25, 0.3) is 0 Å². The highest BCUT2D eigenvalue weighted by Crippen LogP contribution is 2.26. The highest BCUT2D eigenvalue weighted by atomic mass is 35.5. The molecule has 2 rings (SSSR count). The number of halogens is 1. The van der Waals surface area contributed by atoms with Crippen molar-refractivity contribution in [3.63, 3.8) is 0 Å². The normalized spacial score (nSPS) is 11.9. The van der Waals surface area contributed by atoms with Crippen LogP contribution in [0.4, 0.5) is 5.69 Å². The summed E-state index contributed by atoms with van der Waals surface area (Å²) >= 11 is 5.82. The zero-order valence-electron chi connectivity index (χ0n) is 15.0. The van der Waals surface area contributed by atoms with Crippen molar-refractivity contribution in [1.29, 1.82) is 0 Å². The van der Waals surface area contributed by atoms with E-state index in [0.29, 0.717) is 10.7 Å². The molecule has 140 valence electrons. The lowest BCUT2D eigenvalue weighted by atomic mass is 10.1. The number of anilines is 1. The molecule has 0 bridgehead atoms. The van der Waals surface area contributed by atoms with Gasteiger partial charge in [0.2, 0.25) is 10.0 Å². The Kier molecular flexibility index (Phi) is 5.95. The first-order chi connectivity index (χ1) is 12.0. The van der Waals surface area contributed by atoms with Crippen LogP contribution in [0.15, 0.2) is 47.4 Å². The molecule has 0 aliphatic heterocycles. The maximum Gasteiger partial charge on any atom is 0.255 e. The number of amides is 1. The molecule has 0 aromatic heterocycles. The lowest BCUT2D eigenvalue weighted by Gasteiger charge is -2.21. The van der Waals surface area contributed by atoms with Gasteiger partial charge < -0.3 is 10.1 Å². The molecule has 0 fully saturated rings. The number of nitrogens with one attached hydrogen (secondary N) is 2. The van der Waals surface area contributed by atoms with E-state index in [1.54, 1.807) is 45.0 Å². The second kappa shape index (κ2) is 7.65. The van der Waals surface area contributed by atoms with E-state index >= 15 is 0 Å². The molecular formula is C18H21ClN2O4S. The van der Waals surface area contributed by atoms with Crippen molar-refractivity contribution >= 4 is 33.2 Å². The SMILES string of the molecule is COc1ccc(C(=O)Nc2ccc(Cl)cc2)cc1S(=O)(=O)NC(C)(C)C. The molecule has 1 amide bonds. The first kappa shape index (κ1) is 20.2. The van der Waals surface area contributed by atoms with Crippen molar-refractivity contribution in [2.24, 2.45) is 0 Å². The lowest BCUT2D eigenvalue weighted by Crippen LogP contribution is -2.40. The van der Waals surface area contributed by atoms with E-state index < -0.39 is 21.5 Å². The van der Waals surface area contributed by atoms with Crippen molar-refractivity contribution in [2.45, 2.75) is 31.2 Å². The van der Waals surface area contributed by atoms with Gasteiger partial charge in [0.15, 0.2) is 0 Å². The second-order valence-corrected chi connectivity index (χ2v) is 8.77. The molecule has 0 unspecified atom stereocenters. The fourth-order valence-electron chi connectivity index (χ4n) is 2.22. The molecule has 0 radical (unpaired) electrons. The largest absolute Gasteiger partial charge is 0.495 e. The number of hydrogen-bond donors (Lipinski definition) is 2. The zero-order chi connectivity index (χ0) is 19.5. The first-order valence-corrected chi connectivity index (χ1v) is 9.67. The number of hydrogen-bond acceptors (Lipinski definition) is 4. The zero-order valence-corrected chi connectivity index (χ0v) is 16.5. The van der Waals surface area contributed by atoms with Gasteiger partial charge in [-0.3, -0.25) is 4.79 Å². The minimum Gasteiger partial charge on any atom is -0.495 e. The number of carbonyl (C=O) groups is 1. The molecule has 6 nitrogen and oxygen atoms in total. The lowest BCUT2D eigenvalue weighted by molar-refractivity contribution is 0.102. The highest BCUT2D eigenvalue weighted by molar-refractivity contribution is 7.89. The summed E-state index contributed by atoms with van der Waals surface area (Å²) in [6.45, 7) is 5.19. The summed E-state index contributed by atoms with van der Waals surface area (Å²) in [6.07, 6.45) is 0. The van der Waals surface area contributed by atoms with E-state index in [-0.39, 0.29) is 16.2 Å². The minimum absolute atomic E-state index is 0.0984. The molecule has 2 aromatic rings. The van der Waals surface area contributed by atoms with Crippen LogP contribution >= 0.6 is 11.6 Å². The van der Waals surface area contributed by atoms with Crippen LogP contribution in [0.5, 0.6) is 5.75 Å². The predicted octanol–water partition coefficient (Wildman–Crippen LogP) is 3.68. The van der Waals surface area contributed by atoms with Gasteiger partial charge in [-0.1, -0.05) is 11.6 Å². The third-order valence-electron chi connectivity index (χ3n) is 3.26. The topological polar surface area (TPSA) is 84.5 Å². The number of sulfonamides is 1. The van der Waals surface area contributed by atoms with Crippen LogP contribution in [0.2, 0.25) is 5.02 Å². The summed E-state index contributed by atoms with van der Waals surface area (Å²) in [7, 11) is -2.49. The Bertz CT molecular complexity index is 904. The minimum atomic E-state index is -3.87. The molecule has 0 saturated carbocycles. The molecular weight excluding hydrogens is 376 g/mol. The number of benzene rings is 2. The molecule has 0 aliphatic rings. The van der Waals surface area contributed by atoms with Crippen LogP contribution in [-0.2, 0) is 10.0 Å². The summed E-state index contributed by atoms with van der Waals surface area (Å²) in [5.41, 5.74) is 0.0632. The first-order valence-electron chi connectivity index (χ1n) is 7.81. The fraction of sp³-hybridized carbons (Fsp3) is 0.278. The van der Waals surface area contributed by atoms with Crippen molar-refractivity contribution < 1.29 is 17.9 Å². The average molecular weight is 397 g/mol. The Hall–Kier alpha value is -2.09. The third-order valence-corrected chi connectivity index (χ3v) is 5.29. The smallest absolute Gasteiger partial charge is 0.255 e. The van der Waals surface area contributed by atoms with Crippen LogP contribution in [0.1, 0.15) is 31.1 Å². The third kappa shape index (κ3) is 5.20. The van der Waals surface area contributed by atoms with Crippen LogP contribution in [0.3, 0.4) is 0 Å². The fourth-order valence-corrected chi connectivity index (χ4v) is 3.96. The van der Waals surface area contributed by atoms with E-state index in [1.165, 1.54) is 25.3 Å². The van der Waals surface area contributed by atoms with Crippen molar-refractivity contribution in [1.82, 2.24) is 4.72 Å². The molecule has 8 heteroatoms. The molecule has 0 heterocycles. The molecule has 0 spiro atoms. The van der Waals surface area contributed by atoms with Gasteiger partial charge in [-0.05, 0) is 63.2 Å². The number of ether oxygens (including phenoxy) is 1. The monoisotopic (exact) mass is 396 g/mol. The van der Waals surface area contributed by atoms with E-state index in [1.807, 2.05) is 0 Å². The van der Waals surface area contributed by atoms with E-state index in [2.05, 4.69) is 10.0 Å². The van der Waals surface area contributed by atoms with Gasteiger partial charge >= 0.3 is 0 Å². The Balaban J connectivity index is 2.36. The van der Waals surface area contributed by atoms with E-state index in [4.69, 9.17) is 16.3 Å². The Morgan fingerprint density at radius 1 is 1.08 bits per heavy atom. The van der Waals surface area contributed by atoms with Gasteiger partial charge in [-0.25, -0.2) is 13.1 Å². The van der Waals surface area contributed by atoms with Gasteiger partial charge in [0.1, 0.15) is 10.6 Å². The number of methoxy groups -OCH3 is 1. The summed E-state index contributed by atoms with van der Waals surface area (Å²) in [5, 5.41) is 3.25. The maximum absolute atomic E-state index is 12.7. The summed E-state index contributed by atoms with van der Waals surface area (Å²) in [4.78, 5) is 12.4. The molecule has 0 atom stereocenters. The highest BCUT2D eigenvalue weighted by Gasteiger charge is 2.26. The van der Waals surface area contributed by atoms with Crippen LogP contribution in [-0.4, -0.2) is 27.0 Å². The number of carbonyl (C=O) groups excluding carboxylic acids is 1. The molecule has 0 saturated heterocycles. The van der Waals surface area contributed by atoms with Crippen molar-refractivity contribution in [3.05, 3.63) is 53.1 Å². The van der Waals surface area contributed by atoms with Gasteiger partial charge in [0.25, 0.3) is 5.91 Å². The van der Waals surface area contributed by atoms with Gasteiger partial charge in [-0.15, -0.1) is 0 Å². The molecule has 26 heavy (non-hydrogen) atoms. The quantitative estimate of drug-likeness (QED) is 0.807. The Morgan fingerprint density at radius 2 is 1.69 bits per heavy atom. The van der Waals surface area contributed by atoms with Gasteiger partial charge in [0, 0.05) is 21.8 Å².